The summed E-state index contributed by atoms with van der Waals surface area (Å²) in [5, 5.41) is 14.4. The van der Waals surface area contributed by atoms with E-state index >= 15 is 0 Å². The Bertz CT molecular complexity index is 1760. The molecule has 5 aliphatic rings. The Hall–Kier alpha value is -2.99. The number of rotatable bonds is 5. The smallest absolute Gasteiger partial charge is 0.226 e. The van der Waals surface area contributed by atoms with Crippen molar-refractivity contribution in [2.24, 2.45) is 51.2 Å². The minimum atomic E-state index is -0.229. The summed E-state index contributed by atoms with van der Waals surface area (Å²) in [4.78, 5) is 34.4. The lowest BCUT2D eigenvalue weighted by Gasteiger charge is -2.69. The number of imidazole rings is 1. The van der Waals surface area contributed by atoms with Crippen LogP contribution in [0.3, 0.4) is 0 Å². The van der Waals surface area contributed by atoms with E-state index in [2.05, 4.69) is 50.1 Å². The second-order valence-electron chi connectivity index (χ2n) is 17.8. The Morgan fingerprint density at radius 1 is 0.875 bits per heavy atom. The molecule has 1 heterocycles. The number of amides is 1. The fourth-order valence-electron chi connectivity index (χ4n) is 13.1. The van der Waals surface area contributed by atoms with Crippen LogP contribution in [0.2, 0.25) is 0 Å². The van der Waals surface area contributed by atoms with E-state index in [0.29, 0.717) is 46.6 Å². The standard InChI is InChI=1S/C42H55N3O3/c1-25(46)27-11-13-32-33(23-27)45-37(44-32)28-9-6-8-26(22-28)24-43-38(48)42-18-7-10-31(42)29-12-14-35-40(4,30(29)15-21-42)19-16-34-39(2,3)36(47)17-20-41(34,35)5/h6,8-9,11,13,22-23,29-31,34-36,47H,7,10,12,14-21,24H2,1-5H3,(H,43,48)(H,44,45). The quantitative estimate of drug-likeness (QED) is 0.241. The van der Waals surface area contributed by atoms with Crippen LogP contribution in [-0.2, 0) is 11.3 Å². The van der Waals surface area contributed by atoms with Crippen molar-refractivity contribution in [3.63, 3.8) is 0 Å². The van der Waals surface area contributed by atoms with Gasteiger partial charge in [-0.2, -0.15) is 0 Å². The molecule has 1 aromatic heterocycles. The minimum absolute atomic E-state index is 0.0115. The third-order valence-electron chi connectivity index (χ3n) is 15.5. The molecule has 9 unspecified atom stereocenters. The van der Waals surface area contributed by atoms with Crippen LogP contribution < -0.4 is 5.32 Å². The number of ketones is 1. The highest BCUT2D eigenvalue weighted by molar-refractivity contribution is 5.97. The predicted molar refractivity (Wildman–Crippen MR) is 190 cm³/mol. The maximum absolute atomic E-state index is 14.3. The summed E-state index contributed by atoms with van der Waals surface area (Å²) in [7, 11) is 0. The van der Waals surface area contributed by atoms with E-state index in [1.807, 2.05) is 30.3 Å². The molecule has 0 spiro atoms. The number of aliphatic hydroxyl groups is 1. The van der Waals surface area contributed by atoms with Crippen molar-refractivity contribution in [2.75, 3.05) is 0 Å². The number of aromatic nitrogens is 2. The number of H-pyrrole nitrogens is 1. The Morgan fingerprint density at radius 2 is 1.69 bits per heavy atom. The van der Waals surface area contributed by atoms with Crippen molar-refractivity contribution in [1.82, 2.24) is 15.3 Å². The average Bonchev–Trinajstić information content (AvgIpc) is 3.71. The highest BCUT2D eigenvalue weighted by Crippen LogP contribution is 2.73. The number of carbonyl (C=O) groups excluding carboxylic acids is 2. The fourth-order valence-corrected chi connectivity index (χ4v) is 13.1. The van der Waals surface area contributed by atoms with E-state index in [-0.39, 0.29) is 28.6 Å². The molecule has 0 radical (unpaired) electrons. The summed E-state index contributed by atoms with van der Waals surface area (Å²) in [6.07, 6.45) is 12.6. The number of carbonyl (C=O) groups is 2. The van der Waals surface area contributed by atoms with Crippen LogP contribution >= 0.6 is 0 Å². The fraction of sp³-hybridized carbons (Fsp3) is 0.643. The van der Waals surface area contributed by atoms with Crippen molar-refractivity contribution in [3.05, 3.63) is 53.6 Å². The summed E-state index contributed by atoms with van der Waals surface area (Å²) in [6.45, 7) is 12.0. The van der Waals surface area contributed by atoms with E-state index in [1.54, 1.807) is 6.92 Å². The van der Waals surface area contributed by atoms with Crippen molar-refractivity contribution < 1.29 is 14.7 Å². The molecule has 48 heavy (non-hydrogen) atoms. The van der Waals surface area contributed by atoms with Crippen LogP contribution in [0.25, 0.3) is 22.4 Å². The van der Waals surface area contributed by atoms with Crippen molar-refractivity contribution >= 4 is 22.7 Å². The number of Topliss-reactive ketones (excluding diaryl/α,β-unsaturated/α-hetero) is 1. The van der Waals surface area contributed by atoms with Gasteiger partial charge >= 0.3 is 0 Å². The molecule has 8 rings (SSSR count). The Kier molecular flexibility index (Phi) is 7.56. The zero-order chi connectivity index (χ0) is 33.6. The number of hydrogen-bond donors (Lipinski definition) is 3. The Balaban J connectivity index is 0.982. The second-order valence-corrected chi connectivity index (χ2v) is 17.8. The normalized spacial score (nSPS) is 38.4. The molecule has 9 atom stereocenters. The van der Waals surface area contributed by atoms with Gasteiger partial charge in [0.05, 0.1) is 22.6 Å². The molecule has 0 bridgehead atoms. The number of aliphatic hydroxyl groups excluding tert-OH is 1. The molecule has 0 saturated heterocycles. The van der Waals surface area contributed by atoms with Gasteiger partial charge in [0.25, 0.3) is 0 Å². The van der Waals surface area contributed by atoms with Crippen molar-refractivity contribution in [3.8, 4) is 11.4 Å². The van der Waals surface area contributed by atoms with E-state index in [0.717, 1.165) is 59.6 Å². The highest BCUT2D eigenvalue weighted by Gasteiger charge is 2.67. The second kappa shape index (κ2) is 11.3. The van der Waals surface area contributed by atoms with Crippen molar-refractivity contribution in [2.45, 2.75) is 118 Å². The zero-order valence-electron chi connectivity index (χ0n) is 29.7. The summed E-state index contributed by atoms with van der Waals surface area (Å²) in [5.74, 6) is 4.24. The van der Waals surface area contributed by atoms with Crippen LogP contribution in [0.1, 0.15) is 121 Å². The third-order valence-corrected chi connectivity index (χ3v) is 15.5. The maximum atomic E-state index is 14.3. The first kappa shape index (κ1) is 32.2. The maximum Gasteiger partial charge on any atom is 0.226 e. The summed E-state index contributed by atoms with van der Waals surface area (Å²) >= 11 is 0. The van der Waals surface area contributed by atoms with Gasteiger partial charge in [-0.05, 0) is 147 Å². The predicted octanol–water partition coefficient (Wildman–Crippen LogP) is 8.87. The molecule has 0 aliphatic heterocycles. The molecule has 3 aromatic rings. The molecular weight excluding hydrogens is 594 g/mol. The van der Waals surface area contributed by atoms with Gasteiger partial charge in [-0.1, -0.05) is 52.3 Å². The highest BCUT2D eigenvalue weighted by atomic mass is 16.3. The summed E-state index contributed by atoms with van der Waals surface area (Å²) in [5.41, 5.74) is 4.81. The summed E-state index contributed by atoms with van der Waals surface area (Å²) < 4.78 is 0. The first-order valence-electron chi connectivity index (χ1n) is 18.9. The number of nitrogens with one attached hydrogen (secondary N) is 2. The molecular formula is C42H55N3O3. The van der Waals surface area contributed by atoms with E-state index < -0.39 is 0 Å². The van der Waals surface area contributed by atoms with Crippen LogP contribution in [-0.4, -0.2) is 32.9 Å². The number of hydrogen-bond acceptors (Lipinski definition) is 4. The molecule has 256 valence electrons. The molecule has 3 N–H and O–H groups in total. The Labute approximate surface area is 286 Å². The lowest BCUT2D eigenvalue weighted by Crippen LogP contribution is -2.63. The van der Waals surface area contributed by atoms with Crippen molar-refractivity contribution in [1.29, 1.82) is 0 Å². The number of nitrogens with zero attached hydrogens (tertiary/aromatic N) is 1. The number of aromatic amines is 1. The largest absolute Gasteiger partial charge is 0.393 e. The Morgan fingerprint density at radius 3 is 2.50 bits per heavy atom. The van der Waals surface area contributed by atoms with E-state index in [9.17, 15) is 14.7 Å². The number of fused-ring (bicyclic) bond motifs is 8. The molecule has 1 amide bonds. The van der Waals surface area contributed by atoms with Crippen LogP contribution in [0.4, 0.5) is 0 Å². The van der Waals surface area contributed by atoms with Crippen LogP contribution in [0, 0.1) is 51.2 Å². The lowest BCUT2D eigenvalue weighted by molar-refractivity contribution is -0.214. The molecule has 5 aliphatic carbocycles. The van der Waals surface area contributed by atoms with Gasteiger partial charge in [0.1, 0.15) is 5.82 Å². The monoisotopic (exact) mass is 649 g/mol. The van der Waals surface area contributed by atoms with E-state index in [1.165, 1.54) is 44.9 Å². The molecule has 5 fully saturated rings. The van der Waals surface area contributed by atoms with Gasteiger partial charge in [0.15, 0.2) is 5.78 Å². The molecule has 2 aromatic carbocycles. The number of benzene rings is 2. The van der Waals surface area contributed by atoms with Gasteiger partial charge in [0.2, 0.25) is 5.91 Å². The van der Waals surface area contributed by atoms with Gasteiger partial charge in [-0.25, -0.2) is 4.98 Å². The van der Waals surface area contributed by atoms with Gasteiger partial charge in [0, 0.05) is 17.7 Å². The van der Waals surface area contributed by atoms with Gasteiger partial charge in [-0.3, -0.25) is 9.59 Å². The van der Waals surface area contributed by atoms with Gasteiger partial charge in [-0.15, -0.1) is 0 Å². The first-order chi connectivity index (χ1) is 22.9. The average molecular weight is 650 g/mol. The lowest BCUT2D eigenvalue weighted by atomic mass is 9.36. The molecule has 6 nitrogen and oxygen atoms in total. The topological polar surface area (TPSA) is 95.1 Å². The first-order valence-corrected chi connectivity index (χ1v) is 18.9. The third kappa shape index (κ3) is 4.71. The van der Waals surface area contributed by atoms with E-state index in [4.69, 9.17) is 4.98 Å². The van der Waals surface area contributed by atoms with Crippen LogP contribution in [0.15, 0.2) is 42.5 Å². The molecule has 6 heteroatoms. The zero-order valence-corrected chi connectivity index (χ0v) is 29.7. The minimum Gasteiger partial charge on any atom is -0.393 e. The summed E-state index contributed by atoms with van der Waals surface area (Å²) in [6, 6.07) is 13.9. The van der Waals surface area contributed by atoms with Gasteiger partial charge < -0.3 is 15.4 Å². The van der Waals surface area contributed by atoms with Crippen LogP contribution in [0.5, 0.6) is 0 Å². The SMILES string of the molecule is CC(=O)c1ccc2nc(-c3cccc(CNC(=O)C45CCCC4C4CCC6C(C)(CCC7C(C)(C)C(O)CCC76C)C4CC5)c3)[nH]c2c1. The molecule has 5 saturated carbocycles.